The van der Waals surface area contributed by atoms with Crippen molar-refractivity contribution in [2.24, 2.45) is 0 Å². The lowest BCUT2D eigenvalue weighted by molar-refractivity contribution is -0.298. The molecule has 1 N–H and O–H groups in total. The van der Waals surface area contributed by atoms with E-state index in [2.05, 4.69) is 5.32 Å². The lowest BCUT2D eigenvalue weighted by Crippen LogP contribution is -2.67. The molecule has 264 valence electrons. The summed E-state index contributed by atoms with van der Waals surface area (Å²) in [5, 5.41) is 2.73. The highest BCUT2D eigenvalue weighted by molar-refractivity contribution is 5.73. The van der Waals surface area contributed by atoms with Crippen molar-refractivity contribution in [3.63, 3.8) is 0 Å². The van der Waals surface area contributed by atoms with Gasteiger partial charge < -0.3 is 52.7 Å². The minimum atomic E-state index is -1.24. The van der Waals surface area contributed by atoms with Gasteiger partial charge in [-0.1, -0.05) is 12.8 Å². The fourth-order valence-corrected chi connectivity index (χ4v) is 7.80. The third kappa shape index (κ3) is 7.61. The van der Waals surface area contributed by atoms with Gasteiger partial charge in [-0.2, -0.15) is 0 Å². The van der Waals surface area contributed by atoms with Crippen molar-refractivity contribution in [1.29, 1.82) is 0 Å². The summed E-state index contributed by atoms with van der Waals surface area (Å²) in [7, 11) is 0. The second kappa shape index (κ2) is 14.2. The molecule has 2 aliphatic carbocycles. The van der Waals surface area contributed by atoms with Gasteiger partial charge in [0.2, 0.25) is 5.91 Å². The van der Waals surface area contributed by atoms with Crippen molar-refractivity contribution in [2.75, 3.05) is 13.2 Å². The molecule has 6 fully saturated rings. The summed E-state index contributed by atoms with van der Waals surface area (Å²) >= 11 is 0. The van der Waals surface area contributed by atoms with E-state index in [0.717, 1.165) is 64.2 Å². The fraction of sp³-hybridized carbons (Fsp3) is 0.875. The molecular formula is C32H47NO14. The van der Waals surface area contributed by atoms with E-state index in [4.69, 9.17) is 47.4 Å². The minimum Gasteiger partial charge on any atom is -0.463 e. The highest BCUT2D eigenvalue weighted by Crippen LogP contribution is 2.51. The molecule has 6 aliphatic rings. The van der Waals surface area contributed by atoms with E-state index in [9.17, 15) is 19.2 Å². The first kappa shape index (κ1) is 34.5. The maximum Gasteiger partial charge on any atom is 0.303 e. The summed E-state index contributed by atoms with van der Waals surface area (Å²) in [5.41, 5.74) is 0. The first-order chi connectivity index (χ1) is 22.5. The molecule has 0 aromatic heterocycles. The zero-order valence-electron chi connectivity index (χ0n) is 27.5. The highest BCUT2D eigenvalue weighted by atomic mass is 16.9. The van der Waals surface area contributed by atoms with E-state index < -0.39 is 96.7 Å². The normalized spacial score (nSPS) is 38.6. The fourth-order valence-electron chi connectivity index (χ4n) is 7.80. The molecule has 4 aliphatic heterocycles. The average molecular weight is 670 g/mol. The van der Waals surface area contributed by atoms with Gasteiger partial charge in [0.25, 0.3) is 0 Å². The van der Waals surface area contributed by atoms with Gasteiger partial charge in [-0.05, 0) is 25.7 Å². The highest BCUT2D eigenvalue weighted by Gasteiger charge is 2.64. The third-order valence-electron chi connectivity index (χ3n) is 9.70. The molecule has 0 unspecified atom stereocenters. The number of hydrogen-bond donors (Lipinski definition) is 1. The van der Waals surface area contributed by atoms with Gasteiger partial charge in [-0.25, -0.2) is 0 Å². The number of carbonyl (C=O) groups excluding carboxylic acids is 4. The summed E-state index contributed by atoms with van der Waals surface area (Å²) in [6, 6.07) is -1.11. The summed E-state index contributed by atoms with van der Waals surface area (Å²) in [6.45, 7) is 4.46. The standard InChI is InChI=1S/C32H47NO14/c1-17(34)33-23-26(41-20(4)37)24(40-19(3)36)21(15-38-18(2)35)42-29(23)39-16-22-25-27(45-31(44-25)11-7-5-8-12-31)28-30(43-22)47-32(46-28)13-9-6-10-14-32/h21-30H,5-16H2,1-4H3,(H,33,34)/t21-,22+,23+,24+,25-,26-,27-,28-,29-,30-/m1/s1. The van der Waals surface area contributed by atoms with Crippen LogP contribution in [0.15, 0.2) is 0 Å². The van der Waals surface area contributed by atoms with Gasteiger partial charge in [0.1, 0.15) is 43.2 Å². The zero-order chi connectivity index (χ0) is 33.3. The molecule has 4 saturated heterocycles. The van der Waals surface area contributed by atoms with Crippen LogP contribution in [0.25, 0.3) is 0 Å². The van der Waals surface area contributed by atoms with Crippen LogP contribution >= 0.6 is 0 Å². The van der Waals surface area contributed by atoms with Crippen LogP contribution in [0.4, 0.5) is 0 Å². The van der Waals surface area contributed by atoms with Crippen molar-refractivity contribution in [1.82, 2.24) is 5.32 Å². The van der Waals surface area contributed by atoms with Crippen molar-refractivity contribution in [3.05, 3.63) is 0 Å². The predicted molar refractivity (Wildman–Crippen MR) is 156 cm³/mol. The Balaban J connectivity index is 1.25. The molecule has 47 heavy (non-hydrogen) atoms. The van der Waals surface area contributed by atoms with Crippen LogP contribution in [0.3, 0.4) is 0 Å². The Kier molecular flexibility index (Phi) is 10.4. The van der Waals surface area contributed by atoms with Crippen molar-refractivity contribution in [2.45, 2.75) is 165 Å². The van der Waals surface area contributed by atoms with E-state index in [1.165, 1.54) is 27.7 Å². The molecule has 0 aromatic carbocycles. The van der Waals surface area contributed by atoms with Gasteiger partial charge >= 0.3 is 17.9 Å². The lowest BCUT2D eigenvalue weighted by atomic mass is 9.94. The van der Waals surface area contributed by atoms with Crippen LogP contribution in [0, 0.1) is 0 Å². The molecule has 0 bridgehead atoms. The maximum absolute atomic E-state index is 12.4. The Labute approximate surface area is 273 Å². The summed E-state index contributed by atoms with van der Waals surface area (Å²) in [5.74, 6) is -3.92. The zero-order valence-corrected chi connectivity index (χ0v) is 27.5. The Morgan fingerprint density at radius 1 is 0.638 bits per heavy atom. The largest absolute Gasteiger partial charge is 0.463 e. The van der Waals surface area contributed by atoms with Crippen LogP contribution < -0.4 is 5.32 Å². The summed E-state index contributed by atoms with van der Waals surface area (Å²) in [6.07, 6.45) is 1.57. The van der Waals surface area contributed by atoms with Crippen molar-refractivity contribution >= 4 is 23.8 Å². The molecule has 4 heterocycles. The van der Waals surface area contributed by atoms with E-state index in [1.807, 2.05) is 0 Å². The molecule has 1 amide bonds. The average Bonchev–Trinajstić information content (AvgIpc) is 3.55. The Bertz CT molecular complexity index is 1170. The number of carbonyl (C=O) groups is 4. The Morgan fingerprint density at radius 2 is 1.21 bits per heavy atom. The lowest BCUT2D eigenvalue weighted by Gasteiger charge is -2.45. The van der Waals surface area contributed by atoms with Crippen LogP contribution in [0.2, 0.25) is 0 Å². The number of nitrogens with one attached hydrogen (secondary N) is 1. The van der Waals surface area contributed by atoms with Crippen LogP contribution in [-0.4, -0.2) is 110 Å². The number of hydrogen-bond acceptors (Lipinski definition) is 14. The third-order valence-corrected chi connectivity index (χ3v) is 9.70. The van der Waals surface area contributed by atoms with Gasteiger partial charge in [0.05, 0.1) is 6.61 Å². The van der Waals surface area contributed by atoms with Crippen LogP contribution in [0.5, 0.6) is 0 Å². The maximum atomic E-state index is 12.4. The van der Waals surface area contributed by atoms with Gasteiger partial charge in [-0.3, -0.25) is 19.2 Å². The molecule has 15 heteroatoms. The van der Waals surface area contributed by atoms with E-state index in [1.54, 1.807) is 0 Å². The molecule has 0 aromatic rings. The Hall–Kier alpha value is -2.40. The number of ether oxygens (including phenoxy) is 10. The number of rotatable bonds is 8. The predicted octanol–water partition coefficient (Wildman–Crippen LogP) is 1.90. The van der Waals surface area contributed by atoms with Gasteiger partial charge in [0, 0.05) is 53.4 Å². The first-order valence-electron chi connectivity index (χ1n) is 16.9. The molecule has 2 saturated carbocycles. The summed E-state index contributed by atoms with van der Waals surface area (Å²) < 4.78 is 61.8. The number of fused-ring (bicyclic) bond motifs is 3. The topological polar surface area (TPSA) is 173 Å². The van der Waals surface area contributed by atoms with Gasteiger partial charge in [0.15, 0.2) is 36.4 Å². The molecule has 2 spiro atoms. The van der Waals surface area contributed by atoms with E-state index >= 15 is 0 Å². The molecule has 6 rings (SSSR count). The SMILES string of the molecule is CC(=O)N[C@@H]1[C@H](OC[C@@H]2O[C@@H]3OC4(CCCCC4)O[C@@H]3[C@@H]3OC4(CCCCC4)O[C@@H]32)O[C@H](COC(C)=O)[C@H](OC(C)=O)[C@@H]1OC(C)=O. The Morgan fingerprint density at radius 3 is 1.81 bits per heavy atom. The number of amides is 1. The van der Waals surface area contributed by atoms with Crippen molar-refractivity contribution < 1.29 is 66.5 Å². The number of esters is 3. The van der Waals surface area contributed by atoms with Gasteiger partial charge in [-0.15, -0.1) is 0 Å². The summed E-state index contributed by atoms with van der Waals surface area (Å²) in [4.78, 5) is 48.4. The second-order valence-electron chi connectivity index (χ2n) is 13.4. The van der Waals surface area contributed by atoms with Crippen molar-refractivity contribution in [3.8, 4) is 0 Å². The van der Waals surface area contributed by atoms with E-state index in [-0.39, 0.29) is 13.2 Å². The second-order valence-corrected chi connectivity index (χ2v) is 13.4. The van der Waals surface area contributed by atoms with E-state index in [0.29, 0.717) is 0 Å². The monoisotopic (exact) mass is 669 g/mol. The minimum absolute atomic E-state index is 0.0910. The molecule has 0 radical (unpaired) electrons. The van der Waals surface area contributed by atoms with Crippen LogP contribution in [-0.2, 0) is 66.5 Å². The van der Waals surface area contributed by atoms with Crippen LogP contribution in [0.1, 0.15) is 91.9 Å². The molecule has 10 atom stereocenters. The molecule has 15 nitrogen and oxygen atoms in total. The first-order valence-corrected chi connectivity index (χ1v) is 16.9. The smallest absolute Gasteiger partial charge is 0.303 e. The quantitative estimate of drug-likeness (QED) is 0.293. The molecular weight excluding hydrogens is 622 g/mol.